The molecule has 3 rings (SSSR count). The van der Waals surface area contributed by atoms with Crippen LogP contribution in [0.2, 0.25) is 0 Å². The van der Waals surface area contributed by atoms with Gasteiger partial charge in [0.2, 0.25) is 0 Å². The van der Waals surface area contributed by atoms with Crippen LogP contribution in [0.3, 0.4) is 0 Å². The first-order chi connectivity index (χ1) is 12.7. The van der Waals surface area contributed by atoms with Gasteiger partial charge in [0.1, 0.15) is 11.5 Å². The highest BCUT2D eigenvalue weighted by molar-refractivity contribution is 5.94. The summed E-state index contributed by atoms with van der Waals surface area (Å²) in [4.78, 5) is 16.8. The molecule has 2 aromatic rings. The summed E-state index contributed by atoms with van der Waals surface area (Å²) in [7, 11) is 0. The number of carbonyl (C=O) groups excluding carboxylic acids is 1. The highest BCUT2D eigenvalue weighted by Crippen LogP contribution is 2.21. The Balaban J connectivity index is 1.53. The van der Waals surface area contributed by atoms with E-state index in [2.05, 4.69) is 11.8 Å². The van der Waals surface area contributed by atoms with Crippen molar-refractivity contribution < 1.29 is 14.6 Å². The first-order valence-electron chi connectivity index (χ1n) is 9.23. The zero-order valence-electron chi connectivity index (χ0n) is 15.2. The van der Waals surface area contributed by atoms with Crippen molar-refractivity contribution in [1.82, 2.24) is 4.90 Å². The third-order valence-corrected chi connectivity index (χ3v) is 4.65. The van der Waals surface area contributed by atoms with Crippen LogP contribution in [0.1, 0.15) is 30.1 Å². The number of nitrogens with zero attached hydrogens (tertiary/aromatic N) is 2. The summed E-state index contributed by atoms with van der Waals surface area (Å²) in [6.07, 6.45) is 2.14. The van der Waals surface area contributed by atoms with E-state index in [1.54, 1.807) is 12.1 Å². The number of piperazine rings is 1. The fraction of sp³-hybridized carbons (Fsp3) is 0.381. The van der Waals surface area contributed by atoms with Crippen LogP contribution >= 0.6 is 0 Å². The molecule has 1 aliphatic heterocycles. The fourth-order valence-electron chi connectivity index (χ4n) is 3.04. The number of rotatable bonds is 6. The normalized spacial score (nSPS) is 14.3. The van der Waals surface area contributed by atoms with Gasteiger partial charge in [-0.3, -0.25) is 4.79 Å². The summed E-state index contributed by atoms with van der Waals surface area (Å²) in [5.74, 6) is 1.15. The summed E-state index contributed by atoms with van der Waals surface area (Å²) in [5.41, 5.74) is 1.77. The molecule has 138 valence electrons. The third kappa shape index (κ3) is 4.48. The Hall–Kier alpha value is -2.69. The Kier molecular flexibility index (Phi) is 6.00. The summed E-state index contributed by atoms with van der Waals surface area (Å²) in [5, 5.41) is 9.40. The van der Waals surface area contributed by atoms with Crippen molar-refractivity contribution in [2.45, 2.75) is 19.8 Å². The summed E-state index contributed by atoms with van der Waals surface area (Å²) >= 11 is 0. The molecule has 0 aromatic heterocycles. The van der Waals surface area contributed by atoms with E-state index in [1.165, 1.54) is 0 Å². The van der Waals surface area contributed by atoms with Crippen molar-refractivity contribution in [3.8, 4) is 11.5 Å². The molecule has 0 spiro atoms. The van der Waals surface area contributed by atoms with Gasteiger partial charge in [-0.1, -0.05) is 13.3 Å². The zero-order chi connectivity index (χ0) is 18.4. The van der Waals surface area contributed by atoms with Gasteiger partial charge in [-0.15, -0.1) is 0 Å². The van der Waals surface area contributed by atoms with E-state index in [0.717, 1.165) is 37.4 Å². The van der Waals surface area contributed by atoms with Crippen molar-refractivity contribution in [2.75, 3.05) is 37.7 Å². The quantitative estimate of drug-likeness (QED) is 0.806. The number of phenolic OH excluding ortho intramolecular Hbond substituents is 1. The van der Waals surface area contributed by atoms with Crippen LogP contribution < -0.4 is 9.64 Å². The lowest BCUT2D eigenvalue weighted by molar-refractivity contribution is 0.0747. The number of carbonyl (C=O) groups is 1. The van der Waals surface area contributed by atoms with Gasteiger partial charge >= 0.3 is 0 Å². The van der Waals surface area contributed by atoms with Gasteiger partial charge in [-0.25, -0.2) is 0 Å². The molecule has 26 heavy (non-hydrogen) atoms. The van der Waals surface area contributed by atoms with Gasteiger partial charge in [0.25, 0.3) is 5.91 Å². The maximum Gasteiger partial charge on any atom is 0.253 e. The van der Waals surface area contributed by atoms with E-state index in [4.69, 9.17) is 4.74 Å². The van der Waals surface area contributed by atoms with E-state index in [0.29, 0.717) is 25.3 Å². The minimum atomic E-state index is 0.0652. The second-order valence-electron chi connectivity index (χ2n) is 6.52. The molecule has 0 bridgehead atoms. The predicted molar refractivity (Wildman–Crippen MR) is 103 cm³/mol. The Morgan fingerprint density at radius 3 is 2.27 bits per heavy atom. The molecule has 1 fully saturated rings. The third-order valence-electron chi connectivity index (χ3n) is 4.65. The van der Waals surface area contributed by atoms with Gasteiger partial charge in [0.15, 0.2) is 0 Å². The van der Waals surface area contributed by atoms with E-state index >= 15 is 0 Å². The first-order valence-corrected chi connectivity index (χ1v) is 9.23. The van der Waals surface area contributed by atoms with Crippen molar-refractivity contribution in [2.24, 2.45) is 0 Å². The number of benzene rings is 2. The number of hydrogen-bond donors (Lipinski definition) is 1. The van der Waals surface area contributed by atoms with Gasteiger partial charge in [0.05, 0.1) is 6.61 Å². The maximum absolute atomic E-state index is 12.7. The van der Waals surface area contributed by atoms with Crippen LogP contribution in [-0.2, 0) is 0 Å². The second kappa shape index (κ2) is 8.61. The number of amides is 1. The molecule has 1 aliphatic rings. The topological polar surface area (TPSA) is 53.0 Å². The van der Waals surface area contributed by atoms with Gasteiger partial charge in [-0.05, 0) is 55.0 Å². The Morgan fingerprint density at radius 1 is 1.00 bits per heavy atom. The highest BCUT2D eigenvalue weighted by Gasteiger charge is 2.22. The number of aromatic hydroxyl groups is 1. The number of phenols is 1. The number of unbranched alkanes of at least 4 members (excludes halogenated alkanes) is 1. The molecule has 0 radical (unpaired) electrons. The summed E-state index contributed by atoms with van der Waals surface area (Å²) < 4.78 is 5.65. The van der Waals surface area contributed by atoms with E-state index < -0.39 is 0 Å². The molecule has 5 nitrogen and oxygen atoms in total. The molecule has 1 N–H and O–H groups in total. The monoisotopic (exact) mass is 354 g/mol. The van der Waals surface area contributed by atoms with Crippen LogP contribution in [0.4, 0.5) is 5.69 Å². The SMILES string of the molecule is CCCCOc1ccc(C(=O)N2CCN(c3ccc(O)cc3)CC2)cc1. The van der Waals surface area contributed by atoms with Crippen LogP contribution in [0.5, 0.6) is 11.5 Å². The number of ether oxygens (including phenoxy) is 1. The lowest BCUT2D eigenvalue weighted by Gasteiger charge is -2.36. The van der Waals surface area contributed by atoms with Crippen molar-refractivity contribution in [3.05, 3.63) is 54.1 Å². The lowest BCUT2D eigenvalue weighted by Crippen LogP contribution is -2.48. The molecular weight excluding hydrogens is 328 g/mol. The number of anilines is 1. The Bertz CT molecular complexity index is 705. The molecule has 1 saturated heterocycles. The molecule has 5 heteroatoms. The predicted octanol–water partition coefficient (Wildman–Crippen LogP) is 3.53. The lowest BCUT2D eigenvalue weighted by atomic mass is 10.1. The molecular formula is C21H26N2O3. The van der Waals surface area contributed by atoms with Crippen molar-refractivity contribution in [3.63, 3.8) is 0 Å². The molecule has 0 atom stereocenters. The molecule has 2 aromatic carbocycles. The fourth-order valence-corrected chi connectivity index (χ4v) is 3.04. The van der Waals surface area contributed by atoms with Crippen LogP contribution in [-0.4, -0.2) is 48.7 Å². The van der Waals surface area contributed by atoms with Gasteiger partial charge < -0.3 is 19.6 Å². The van der Waals surface area contributed by atoms with E-state index in [1.807, 2.05) is 41.3 Å². The Labute approximate surface area is 154 Å². The summed E-state index contributed by atoms with van der Waals surface area (Å²) in [6.45, 7) is 5.79. The molecule has 1 heterocycles. The number of hydrogen-bond acceptors (Lipinski definition) is 4. The van der Waals surface area contributed by atoms with Crippen LogP contribution in [0, 0.1) is 0 Å². The molecule has 0 aliphatic carbocycles. The standard InChI is InChI=1S/C21H26N2O3/c1-2-3-16-26-20-10-4-17(5-11-20)21(25)23-14-12-22(13-15-23)18-6-8-19(24)9-7-18/h4-11,24H,2-3,12-16H2,1H3. The first kappa shape index (κ1) is 18.1. The average Bonchev–Trinajstić information content (AvgIpc) is 2.69. The van der Waals surface area contributed by atoms with Crippen LogP contribution in [0.25, 0.3) is 0 Å². The van der Waals surface area contributed by atoms with Crippen molar-refractivity contribution >= 4 is 11.6 Å². The smallest absolute Gasteiger partial charge is 0.253 e. The van der Waals surface area contributed by atoms with E-state index in [9.17, 15) is 9.90 Å². The minimum Gasteiger partial charge on any atom is -0.508 e. The van der Waals surface area contributed by atoms with Crippen molar-refractivity contribution in [1.29, 1.82) is 0 Å². The zero-order valence-corrected chi connectivity index (χ0v) is 15.2. The largest absolute Gasteiger partial charge is 0.508 e. The van der Waals surface area contributed by atoms with E-state index in [-0.39, 0.29) is 11.7 Å². The maximum atomic E-state index is 12.7. The molecule has 1 amide bonds. The Morgan fingerprint density at radius 2 is 1.65 bits per heavy atom. The molecule has 0 saturated carbocycles. The summed E-state index contributed by atoms with van der Waals surface area (Å²) in [6, 6.07) is 14.6. The van der Waals surface area contributed by atoms with Crippen LogP contribution in [0.15, 0.2) is 48.5 Å². The minimum absolute atomic E-state index is 0.0652. The average molecular weight is 354 g/mol. The highest BCUT2D eigenvalue weighted by atomic mass is 16.5. The second-order valence-corrected chi connectivity index (χ2v) is 6.52. The molecule has 0 unspecified atom stereocenters. The van der Waals surface area contributed by atoms with Gasteiger partial charge in [-0.2, -0.15) is 0 Å². The van der Waals surface area contributed by atoms with Gasteiger partial charge in [0, 0.05) is 37.4 Å².